The predicted molar refractivity (Wildman–Crippen MR) is 61.4 cm³/mol. The zero-order valence-electron chi connectivity index (χ0n) is 8.39. The van der Waals surface area contributed by atoms with E-state index in [1.807, 2.05) is 6.07 Å². The summed E-state index contributed by atoms with van der Waals surface area (Å²) >= 11 is 3.53. The first-order valence-electron chi connectivity index (χ1n) is 5.16. The van der Waals surface area contributed by atoms with Crippen molar-refractivity contribution in [1.29, 1.82) is 0 Å². The molecule has 0 fully saturated rings. The first-order chi connectivity index (χ1) is 6.70. The van der Waals surface area contributed by atoms with Crippen molar-refractivity contribution in [2.24, 2.45) is 0 Å². The number of benzene rings is 1. The second-order valence-corrected chi connectivity index (χ2v) is 4.87. The van der Waals surface area contributed by atoms with Gasteiger partial charge in [0.25, 0.3) is 0 Å². The largest absolute Gasteiger partial charge is 0.388 e. The highest BCUT2D eigenvalue weighted by Crippen LogP contribution is 2.35. The first kappa shape index (κ1) is 10.2. The van der Waals surface area contributed by atoms with Gasteiger partial charge >= 0.3 is 0 Å². The highest BCUT2D eigenvalue weighted by atomic mass is 79.9. The summed E-state index contributed by atoms with van der Waals surface area (Å²) in [6.45, 7) is 2.13. The van der Waals surface area contributed by atoms with Gasteiger partial charge in [-0.2, -0.15) is 0 Å². The summed E-state index contributed by atoms with van der Waals surface area (Å²) in [4.78, 5) is 0. The summed E-state index contributed by atoms with van der Waals surface area (Å²) in [5, 5.41) is 10.0. The van der Waals surface area contributed by atoms with Crippen molar-refractivity contribution in [3.63, 3.8) is 0 Å². The molecule has 1 aromatic rings. The van der Waals surface area contributed by atoms with Crippen LogP contribution in [0.25, 0.3) is 0 Å². The maximum Gasteiger partial charge on any atom is 0.0803 e. The summed E-state index contributed by atoms with van der Waals surface area (Å²) in [5.74, 6) is 0. The lowest BCUT2D eigenvalue weighted by Gasteiger charge is -2.15. The minimum absolute atomic E-state index is 0.276. The summed E-state index contributed by atoms with van der Waals surface area (Å²) in [6, 6.07) is 4.17. The van der Waals surface area contributed by atoms with Crippen molar-refractivity contribution in [3.8, 4) is 0 Å². The molecule has 1 unspecified atom stereocenters. The van der Waals surface area contributed by atoms with E-state index in [0.717, 1.165) is 29.3 Å². The van der Waals surface area contributed by atoms with Crippen LogP contribution in [0.15, 0.2) is 16.6 Å². The van der Waals surface area contributed by atoms with Gasteiger partial charge in [0.15, 0.2) is 0 Å². The highest BCUT2D eigenvalue weighted by Gasteiger charge is 2.20. The van der Waals surface area contributed by atoms with E-state index in [9.17, 15) is 5.11 Å². The molecule has 2 heteroatoms. The van der Waals surface area contributed by atoms with Crippen LogP contribution in [0.5, 0.6) is 0 Å². The van der Waals surface area contributed by atoms with Crippen LogP contribution in [-0.4, -0.2) is 5.11 Å². The van der Waals surface area contributed by atoms with E-state index in [-0.39, 0.29) is 6.10 Å². The van der Waals surface area contributed by atoms with Gasteiger partial charge < -0.3 is 5.11 Å². The normalized spacial score (nSPS) is 21.5. The number of hydrogen-bond acceptors (Lipinski definition) is 1. The molecule has 1 nitrogen and oxygen atoms in total. The average molecular weight is 255 g/mol. The third kappa shape index (κ3) is 1.73. The molecule has 1 aliphatic rings. The second-order valence-electron chi connectivity index (χ2n) is 4.02. The lowest BCUT2D eigenvalue weighted by atomic mass is 9.97. The van der Waals surface area contributed by atoms with E-state index in [0.29, 0.717) is 0 Å². The van der Waals surface area contributed by atoms with Crippen LogP contribution < -0.4 is 0 Å². The Bertz CT molecular complexity index is 346. The molecule has 14 heavy (non-hydrogen) atoms. The molecular formula is C12H15BrO. The third-order valence-electron chi connectivity index (χ3n) is 3.03. The van der Waals surface area contributed by atoms with Gasteiger partial charge in [0.05, 0.1) is 6.10 Å². The summed E-state index contributed by atoms with van der Waals surface area (Å²) in [7, 11) is 0. The molecule has 0 aliphatic heterocycles. The average Bonchev–Trinajstić information content (AvgIpc) is 2.35. The predicted octanol–water partition coefficient (Wildman–Crippen LogP) is 3.52. The van der Waals surface area contributed by atoms with Crippen molar-refractivity contribution in [2.45, 2.75) is 38.7 Å². The van der Waals surface area contributed by atoms with E-state index in [1.54, 1.807) is 0 Å². The Morgan fingerprint density at radius 1 is 1.36 bits per heavy atom. The SMILES string of the molecule is Cc1ccc(Br)c2c1CCCCC2O. The molecule has 0 bridgehead atoms. The van der Waals surface area contributed by atoms with Crippen LogP contribution in [0.1, 0.15) is 42.1 Å². The van der Waals surface area contributed by atoms with E-state index in [2.05, 4.69) is 28.9 Å². The Hall–Kier alpha value is -0.340. The maximum atomic E-state index is 10.0. The van der Waals surface area contributed by atoms with Crippen LogP contribution in [-0.2, 0) is 6.42 Å². The lowest BCUT2D eigenvalue weighted by molar-refractivity contribution is 0.166. The molecule has 1 N–H and O–H groups in total. The molecule has 76 valence electrons. The fraction of sp³-hybridized carbons (Fsp3) is 0.500. The van der Waals surface area contributed by atoms with E-state index >= 15 is 0 Å². The molecule has 0 aromatic heterocycles. The van der Waals surface area contributed by atoms with Gasteiger partial charge in [0.1, 0.15) is 0 Å². The molecule has 0 saturated heterocycles. The number of fused-ring (bicyclic) bond motifs is 1. The second kappa shape index (κ2) is 4.03. The summed E-state index contributed by atoms with van der Waals surface area (Å²) < 4.78 is 1.06. The number of halogens is 1. The lowest BCUT2D eigenvalue weighted by Crippen LogP contribution is -2.01. The van der Waals surface area contributed by atoms with Crippen LogP contribution >= 0.6 is 15.9 Å². The smallest absolute Gasteiger partial charge is 0.0803 e. The van der Waals surface area contributed by atoms with Gasteiger partial charge in [-0.3, -0.25) is 0 Å². The number of aliphatic hydroxyl groups excluding tert-OH is 1. The molecule has 0 spiro atoms. The first-order valence-corrected chi connectivity index (χ1v) is 5.95. The van der Waals surface area contributed by atoms with Crippen molar-refractivity contribution in [1.82, 2.24) is 0 Å². The fourth-order valence-electron chi connectivity index (χ4n) is 2.22. The molecule has 0 amide bonds. The quantitative estimate of drug-likeness (QED) is 0.703. The third-order valence-corrected chi connectivity index (χ3v) is 3.72. The van der Waals surface area contributed by atoms with Crippen molar-refractivity contribution >= 4 is 15.9 Å². The molecule has 0 heterocycles. The van der Waals surface area contributed by atoms with Gasteiger partial charge in [-0.05, 0) is 48.9 Å². The van der Waals surface area contributed by atoms with Gasteiger partial charge in [-0.1, -0.05) is 28.4 Å². The molecule has 1 aliphatic carbocycles. The summed E-state index contributed by atoms with van der Waals surface area (Å²) in [5.41, 5.74) is 3.79. The highest BCUT2D eigenvalue weighted by molar-refractivity contribution is 9.10. The molecule has 0 radical (unpaired) electrons. The molecule has 2 rings (SSSR count). The maximum absolute atomic E-state index is 10.0. The van der Waals surface area contributed by atoms with E-state index in [4.69, 9.17) is 0 Å². The van der Waals surface area contributed by atoms with Gasteiger partial charge in [-0.15, -0.1) is 0 Å². The molecule has 0 saturated carbocycles. The van der Waals surface area contributed by atoms with E-state index < -0.39 is 0 Å². The number of aryl methyl sites for hydroxylation is 1. The monoisotopic (exact) mass is 254 g/mol. The number of aliphatic hydroxyl groups is 1. The van der Waals surface area contributed by atoms with Crippen LogP contribution in [0.2, 0.25) is 0 Å². The summed E-state index contributed by atoms with van der Waals surface area (Å²) in [6.07, 6.45) is 4.05. The Balaban J connectivity index is 2.57. The Morgan fingerprint density at radius 3 is 2.93 bits per heavy atom. The topological polar surface area (TPSA) is 20.2 Å². The van der Waals surface area contributed by atoms with Crippen LogP contribution in [0, 0.1) is 6.92 Å². The Labute approximate surface area is 93.3 Å². The minimum Gasteiger partial charge on any atom is -0.388 e. The van der Waals surface area contributed by atoms with Gasteiger partial charge in [-0.25, -0.2) is 0 Å². The molecule has 1 atom stereocenters. The van der Waals surface area contributed by atoms with Crippen molar-refractivity contribution in [3.05, 3.63) is 33.3 Å². The molecule has 1 aromatic carbocycles. The standard InChI is InChI=1S/C12H15BrO/c1-8-6-7-10(13)12-9(8)4-2-3-5-11(12)14/h6-7,11,14H,2-5H2,1H3. The van der Waals surface area contributed by atoms with Gasteiger partial charge in [0.2, 0.25) is 0 Å². The van der Waals surface area contributed by atoms with E-state index in [1.165, 1.54) is 17.5 Å². The fourth-order valence-corrected chi connectivity index (χ4v) is 2.86. The zero-order chi connectivity index (χ0) is 10.1. The molecular weight excluding hydrogens is 240 g/mol. The zero-order valence-corrected chi connectivity index (χ0v) is 9.97. The van der Waals surface area contributed by atoms with Crippen molar-refractivity contribution < 1.29 is 5.11 Å². The van der Waals surface area contributed by atoms with Crippen LogP contribution in [0.3, 0.4) is 0 Å². The Morgan fingerprint density at radius 2 is 2.14 bits per heavy atom. The number of rotatable bonds is 0. The minimum atomic E-state index is -0.276. The van der Waals surface area contributed by atoms with Crippen molar-refractivity contribution in [2.75, 3.05) is 0 Å². The van der Waals surface area contributed by atoms with Crippen LogP contribution in [0.4, 0.5) is 0 Å². The van der Waals surface area contributed by atoms with Gasteiger partial charge in [0, 0.05) is 4.47 Å². The Kier molecular flexibility index (Phi) is 2.93. The number of hydrogen-bond donors (Lipinski definition) is 1.